The third-order valence-corrected chi connectivity index (χ3v) is 5.25. The number of carboxylic acids is 1. The molecule has 0 bridgehead atoms. The fourth-order valence-corrected chi connectivity index (χ4v) is 3.37. The highest BCUT2D eigenvalue weighted by Gasteiger charge is 2.33. The van der Waals surface area contributed by atoms with Crippen molar-refractivity contribution >= 4 is 29.7 Å². The SMILES string of the molecule is CC(C)C(NC(=O)C1CCCN1)C(=O)NC(CCCN=C(N)N)C(=O)NC(C(=O)O)C(C)O. The van der Waals surface area contributed by atoms with Crippen molar-refractivity contribution in [2.24, 2.45) is 22.4 Å². The zero-order valence-electron chi connectivity index (χ0n) is 19.3. The Balaban J connectivity index is 2.93. The molecule has 5 unspecified atom stereocenters. The highest BCUT2D eigenvalue weighted by Crippen LogP contribution is 2.09. The summed E-state index contributed by atoms with van der Waals surface area (Å²) in [4.78, 5) is 53.4. The van der Waals surface area contributed by atoms with E-state index >= 15 is 0 Å². The minimum absolute atomic E-state index is 0.101. The molecule has 0 aliphatic carbocycles. The quantitative estimate of drug-likeness (QED) is 0.0798. The number of hydrogen-bond acceptors (Lipinski definition) is 7. The number of aliphatic imine (C=N–C) groups is 1. The summed E-state index contributed by atoms with van der Waals surface area (Å²) in [6.07, 6.45) is 0.592. The van der Waals surface area contributed by atoms with E-state index in [9.17, 15) is 29.4 Å². The summed E-state index contributed by atoms with van der Waals surface area (Å²) in [6, 6.07) is -3.96. The van der Waals surface area contributed by atoms with Crippen molar-refractivity contribution < 1.29 is 29.4 Å². The van der Waals surface area contributed by atoms with Gasteiger partial charge in [0.1, 0.15) is 12.1 Å². The van der Waals surface area contributed by atoms with Gasteiger partial charge >= 0.3 is 5.97 Å². The van der Waals surface area contributed by atoms with Crippen LogP contribution >= 0.6 is 0 Å². The molecule has 3 amide bonds. The normalized spacial score (nSPS) is 19.1. The maximum Gasteiger partial charge on any atom is 0.328 e. The van der Waals surface area contributed by atoms with Crippen molar-refractivity contribution in [2.75, 3.05) is 13.1 Å². The van der Waals surface area contributed by atoms with E-state index in [2.05, 4.69) is 26.3 Å². The van der Waals surface area contributed by atoms with Crippen molar-refractivity contribution in [1.82, 2.24) is 21.3 Å². The molecule has 0 aromatic heterocycles. The topological polar surface area (TPSA) is 221 Å². The fourth-order valence-electron chi connectivity index (χ4n) is 3.37. The molecule has 1 fully saturated rings. The molecule has 0 saturated carbocycles. The van der Waals surface area contributed by atoms with E-state index in [1.807, 2.05) is 0 Å². The van der Waals surface area contributed by atoms with E-state index in [1.54, 1.807) is 13.8 Å². The van der Waals surface area contributed by atoms with Crippen molar-refractivity contribution in [3.63, 3.8) is 0 Å². The zero-order valence-corrected chi connectivity index (χ0v) is 19.3. The average Bonchev–Trinajstić information content (AvgIpc) is 3.25. The van der Waals surface area contributed by atoms with E-state index < -0.39 is 42.0 Å². The Morgan fingerprint density at radius 2 is 1.73 bits per heavy atom. The number of nitrogens with zero attached hydrogens (tertiary/aromatic N) is 1. The molecule has 1 aliphatic heterocycles. The molecule has 33 heavy (non-hydrogen) atoms. The summed E-state index contributed by atoms with van der Waals surface area (Å²) >= 11 is 0. The number of rotatable bonds is 13. The Labute approximate surface area is 193 Å². The second-order valence-electron chi connectivity index (χ2n) is 8.45. The Morgan fingerprint density at radius 3 is 2.21 bits per heavy atom. The molecule has 5 atom stereocenters. The van der Waals surface area contributed by atoms with Crippen molar-refractivity contribution in [1.29, 1.82) is 0 Å². The smallest absolute Gasteiger partial charge is 0.328 e. The van der Waals surface area contributed by atoms with Crippen LogP contribution in [0.5, 0.6) is 0 Å². The minimum atomic E-state index is -1.55. The van der Waals surface area contributed by atoms with Crippen LogP contribution in [0.1, 0.15) is 46.5 Å². The average molecular weight is 472 g/mol. The van der Waals surface area contributed by atoms with Crippen LogP contribution in [-0.4, -0.2) is 83.2 Å². The van der Waals surface area contributed by atoms with E-state index in [1.165, 1.54) is 6.92 Å². The predicted octanol–water partition coefficient (Wildman–Crippen LogP) is -2.63. The third-order valence-electron chi connectivity index (χ3n) is 5.25. The van der Waals surface area contributed by atoms with Gasteiger partial charge in [-0.3, -0.25) is 19.4 Å². The molecule has 1 aliphatic rings. The number of nitrogens with one attached hydrogen (secondary N) is 4. The molecule has 0 aromatic rings. The number of aliphatic hydroxyl groups is 1. The highest BCUT2D eigenvalue weighted by atomic mass is 16.4. The van der Waals surface area contributed by atoms with Crippen molar-refractivity contribution in [3.8, 4) is 0 Å². The Kier molecular flexibility index (Phi) is 11.6. The number of carbonyl (C=O) groups is 4. The van der Waals surface area contributed by atoms with E-state index in [0.29, 0.717) is 12.8 Å². The monoisotopic (exact) mass is 471 g/mol. The first-order valence-corrected chi connectivity index (χ1v) is 11.0. The zero-order chi connectivity index (χ0) is 25.1. The molecule has 0 aromatic carbocycles. The number of guanidine groups is 1. The maximum absolute atomic E-state index is 13.0. The minimum Gasteiger partial charge on any atom is -0.480 e. The molecule has 0 spiro atoms. The van der Waals surface area contributed by atoms with Crippen molar-refractivity contribution in [2.45, 2.75) is 76.7 Å². The standard InChI is InChI=1S/C20H37N7O6/c1-10(2)14(26-16(29)12-6-4-8-23-12)18(31)25-13(7-5-9-24-20(21)22)17(30)27-15(11(3)28)19(32)33/h10-15,23,28H,4-9H2,1-3H3,(H,25,31)(H,26,29)(H,27,30)(H,32,33)(H4,21,22,24). The number of hydrogen-bond donors (Lipinski definition) is 8. The van der Waals surface area contributed by atoms with Crippen LogP contribution in [0.2, 0.25) is 0 Å². The first-order chi connectivity index (χ1) is 15.4. The lowest BCUT2D eigenvalue weighted by atomic mass is 10.0. The van der Waals surface area contributed by atoms with Crippen LogP contribution in [0, 0.1) is 5.92 Å². The van der Waals surface area contributed by atoms with Gasteiger partial charge in [0, 0.05) is 6.54 Å². The summed E-state index contributed by atoms with van der Waals surface area (Å²) in [6.45, 7) is 5.66. The van der Waals surface area contributed by atoms with Gasteiger partial charge in [-0.05, 0) is 45.1 Å². The van der Waals surface area contributed by atoms with Gasteiger partial charge in [0.25, 0.3) is 0 Å². The first kappa shape index (κ1) is 28.1. The maximum atomic E-state index is 13.0. The van der Waals surface area contributed by atoms with Gasteiger partial charge in [0.2, 0.25) is 17.7 Å². The Hall–Kier alpha value is -2.93. The summed E-state index contributed by atoms with van der Waals surface area (Å²) < 4.78 is 0. The molecular formula is C20H37N7O6. The third kappa shape index (κ3) is 9.61. The Bertz CT molecular complexity index is 718. The summed E-state index contributed by atoms with van der Waals surface area (Å²) in [5.41, 5.74) is 10.6. The molecule has 1 saturated heterocycles. The van der Waals surface area contributed by atoms with Gasteiger partial charge < -0.3 is 42.9 Å². The van der Waals surface area contributed by atoms with Crippen LogP contribution in [0.25, 0.3) is 0 Å². The van der Waals surface area contributed by atoms with Crippen LogP contribution in [0.15, 0.2) is 4.99 Å². The van der Waals surface area contributed by atoms with E-state index in [4.69, 9.17) is 11.5 Å². The second kappa shape index (κ2) is 13.6. The first-order valence-electron chi connectivity index (χ1n) is 11.0. The molecule has 10 N–H and O–H groups in total. The predicted molar refractivity (Wildman–Crippen MR) is 121 cm³/mol. The Morgan fingerprint density at radius 1 is 1.06 bits per heavy atom. The molecule has 13 nitrogen and oxygen atoms in total. The summed E-state index contributed by atoms with van der Waals surface area (Å²) in [5, 5.41) is 29.5. The lowest BCUT2D eigenvalue weighted by Gasteiger charge is -2.27. The molecule has 1 rings (SSSR count). The van der Waals surface area contributed by atoms with Gasteiger partial charge in [-0.25, -0.2) is 4.79 Å². The van der Waals surface area contributed by atoms with Gasteiger partial charge in [-0.2, -0.15) is 0 Å². The number of nitrogens with two attached hydrogens (primary N) is 2. The van der Waals surface area contributed by atoms with Gasteiger partial charge in [-0.1, -0.05) is 13.8 Å². The van der Waals surface area contributed by atoms with Crippen LogP contribution in [0.3, 0.4) is 0 Å². The number of aliphatic hydroxyl groups excluding tert-OH is 1. The number of aliphatic carboxylic acids is 1. The van der Waals surface area contributed by atoms with Crippen LogP contribution in [0.4, 0.5) is 0 Å². The summed E-state index contributed by atoms with van der Waals surface area (Å²) in [5.74, 6) is -3.47. The van der Waals surface area contributed by atoms with Crippen molar-refractivity contribution in [3.05, 3.63) is 0 Å². The van der Waals surface area contributed by atoms with E-state index in [-0.39, 0.29) is 36.8 Å². The summed E-state index contributed by atoms with van der Waals surface area (Å²) in [7, 11) is 0. The molecule has 1 heterocycles. The fraction of sp³-hybridized carbons (Fsp3) is 0.750. The van der Waals surface area contributed by atoms with Gasteiger partial charge in [0.15, 0.2) is 12.0 Å². The van der Waals surface area contributed by atoms with Gasteiger partial charge in [0.05, 0.1) is 12.1 Å². The molecular weight excluding hydrogens is 434 g/mol. The second-order valence-corrected chi connectivity index (χ2v) is 8.45. The van der Waals surface area contributed by atoms with Crippen LogP contribution < -0.4 is 32.7 Å². The number of carbonyl (C=O) groups excluding carboxylic acids is 3. The van der Waals surface area contributed by atoms with Gasteiger partial charge in [-0.15, -0.1) is 0 Å². The molecule has 0 radical (unpaired) electrons. The molecule has 188 valence electrons. The molecule has 13 heteroatoms. The lowest BCUT2D eigenvalue weighted by molar-refractivity contribution is -0.145. The van der Waals surface area contributed by atoms with E-state index in [0.717, 1.165) is 13.0 Å². The van der Waals surface area contributed by atoms with Crippen LogP contribution in [-0.2, 0) is 19.2 Å². The largest absolute Gasteiger partial charge is 0.480 e. The lowest BCUT2D eigenvalue weighted by Crippen LogP contribution is -2.59. The number of amides is 3. The highest BCUT2D eigenvalue weighted by molar-refractivity contribution is 5.94. The number of carboxylic acid groups (broad SMARTS) is 1.